The number of ether oxygens (including phenoxy) is 4. The van der Waals surface area contributed by atoms with Crippen LogP contribution in [0.4, 0.5) is 22.7 Å². The quantitative estimate of drug-likeness (QED) is 0.188. The summed E-state index contributed by atoms with van der Waals surface area (Å²) < 4.78 is 23.7. The van der Waals surface area contributed by atoms with Gasteiger partial charge in [0.1, 0.15) is 34.4 Å². The minimum Gasteiger partial charge on any atom is -0.494 e. The number of rotatable bonds is 6. The second kappa shape index (κ2) is 11.3. The summed E-state index contributed by atoms with van der Waals surface area (Å²) in [6, 6.07) is 34.9. The van der Waals surface area contributed by atoms with E-state index in [0.29, 0.717) is 34.4 Å². The zero-order valence-corrected chi connectivity index (χ0v) is 23.5. The summed E-state index contributed by atoms with van der Waals surface area (Å²) in [4.78, 5) is 0. The Labute approximate surface area is 247 Å². The molecule has 43 heavy (non-hydrogen) atoms. The topological polar surface area (TPSA) is 86.4 Å². The van der Waals surface area contributed by atoms with Crippen LogP contribution in [0.15, 0.2) is 130 Å². The molecule has 1 aliphatic heterocycles. The molecule has 0 atom stereocenters. The van der Waals surface area contributed by atoms with Gasteiger partial charge in [0.05, 0.1) is 25.6 Å². The molecule has 1 heterocycles. The minimum absolute atomic E-state index is 0.0739. The molecular formula is C35H26N4O4. The van der Waals surface area contributed by atoms with Crippen LogP contribution in [0.2, 0.25) is 0 Å². The molecule has 0 aromatic heterocycles. The molecule has 8 nitrogen and oxygen atoms in total. The van der Waals surface area contributed by atoms with Gasteiger partial charge in [-0.1, -0.05) is 36.4 Å². The van der Waals surface area contributed by atoms with Gasteiger partial charge in [0.25, 0.3) is 0 Å². The Bertz CT molecular complexity index is 1880. The lowest BCUT2D eigenvalue weighted by atomic mass is 9.91. The summed E-state index contributed by atoms with van der Waals surface area (Å²) in [7, 11) is 3.26. The van der Waals surface area contributed by atoms with E-state index in [4.69, 9.17) is 18.9 Å². The van der Waals surface area contributed by atoms with E-state index in [2.05, 4.69) is 20.5 Å². The fraction of sp³-hybridized carbons (Fsp3) is 0.0857. The molecule has 0 unspecified atom stereocenters. The number of nitrogens with zero attached hydrogens (tertiary/aromatic N) is 4. The number of hydrogen-bond acceptors (Lipinski definition) is 8. The Morgan fingerprint density at radius 1 is 0.465 bits per heavy atom. The van der Waals surface area contributed by atoms with Crippen LogP contribution in [0.1, 0.15) is 0 Å². The van der Waals surface area contributed by atoms with E-state index in [1.54, 1.807) is 14.2 Å². The predicted octanol–water partition coefficient (Wildman–Crippen LogP) is 10.2. The van der Waals surface area contributed by atoms with Gasteiger partial charge in [-0.05, 0) is 83.6 Å². The van der Waals surface area contributed by atoms with Crippen molar-refractivity contribution in [2.45, 2.75) is 0 Å². The average molecular weight is 567 g/mol. The standard InChI is InChI=1S/C35H26N4O4/c1-40-30-19-13-24-26(34(30)38-36-22-9-5-3-6-10-22)15-17-28-32(24)33-25-14-20-31(41-2)35(39-37-23-11-7-4-8-12-23)27(25)16-18-29(33)43-21-42-28/h3-20H,21H2,1-2H3. The van der Waals surface area contributed by atoms with Crippen molar-refractivity contribution < 1.29 is 18.9 Å². The highest BCUT2D eigenvalue weighted by Crippen LogP contribution is 2.51. The zero-order chi connectivity index (χ0) is 29.2. The molecule has 0 spiro atoms. The number of hydrogen-bond donors (Lipinski definition) is 0. The molecule has 6 aromatic carbocycles. The summed E-state index contributed by atoms with van der Waals surface area (Å²) >= 11 is 0. The van der Waals surface area contributed by atoms with Crippen molar-refractivity contribution in [2.24, 2.45) is 20.5 Å². The molecule has 0 amide bonds. The van der Waals surface area contributed by atoms with E-state index in [1.165, 1.54) is 0 Å². The lowest BCUT2D eigenvalue weighted by Crippen LogP contribution is -2.03. The monoisotopic (exact) mass is 566 g/mol. The predicted molar refractivity (Wildman–Crippen MR) is 167 cm³/mol. The van der Waals surface area contributed by atoms with Gasteiger partial charge in [0.2, 0.25) is 6.79 Å². The van der Waals surface area contributed by atoms with Crippen LogP contribution in [0, 0.1) is 0 Å². The second-order valence-corrected chi connectivity index (χ2v) is 9.78. The molecule has 0 bridgehead atoms. The fourth-order valence-electron chi connectivity index (χ4n) is 5.35. The van der Waals surface area contributed by atoms with Crippen LogP contribution in [-0.2, 0) is 0 Å². The smallest absolute Gasteiger partial charge is 0.230 e. The minimum atomic E-state index is 0.0739. The van der Waals surface area contributed by atoms with Crippen molar-refractivity contribution in [3.05, 3.63) is 109 Å². The van der Waals surface area contributed by atoms with Crippen molar-refractivity contribution >= 4 is 44.3 Å². The maximum Gasteiger partial charge on any atom is 0.230 e. The summed E-state index contributed by atoms with van der Waals surface area (Å²) in [5.41, 5.74) is 4.50. The van der Waals surface area contributed by atoms with Gasteiger partial charge in [-0.15, -0.1) is 10.2 Å². The molecule has 6 aromatic rings. The van der Waals surface area contributed by atoms with Gasteiger partial charge < -0.3 is 18.9 Å². The fourth-order valence-corrected chi connectivity index (χ4v) is 5.35. The molecular weight excluding hydrogens is 540 g/mol. The molecule has 0 radical (unpaired) electrons. The molecule has 210 valence electrons. The molecule has 0 saturated heterocycles. The van der Waals surface area contributed by atoms with Crippen LogP contribution in [0.3, 0.4) is 0 Å². The van der Waals surface area contributed by atoms with Gasteiger partial charge in [-0.25, -0.2) is 0 Å². The molecule has 0 saturated carbocycles. The zero-order valence-electron chi connectivity index (χ0n) is 23.5. The first-order valence-corrected chi connectivity index (χ1v) is 13.7. The lowest BCUT2D eigenvalue weighted by molar-refractivity contribution is 0.125. The first-order chi connectivity index (χ1) is 21.2. The van der Waals surface area contributed by atoms with Crippen LogP contribution in [0.5, 0.6) is 23.0 Å². The van der Waals surface area contributed by atoms with Gasteiger partial charge in [0, 0.05) is 21.9 Å². The van der Waals surface area contributed by atoms with Gasteiger partial charge in [0.15, 0.2) is 0 Å². The van der Waals surface area contributed by atoms with Crippen molar-refractivity contribution in [2.75, 3.05) is 21.0 Å². The van der Waals surface area contributed by atoms with Crippen molar-refractivity contribution in [3.8, 4) is 34.1 Å². The van der Waals surface area contributed by atoms with E-state index < -0.39 is 0 Å². The van der Waals surface area contributed by atoms with Crippen molar-refractivity contribution in [1.29, 1.82) is 0 Å². The highest BCUT2D eigenvalue weighted by atomic mass is 16.7. The highest BCUT2D eigenvalue weighted by molar-refractivity contribution is 6.14. The average Bonchev–Trinajstić information content (AvgIpc) is 3.26. The Balaban J connectivity index is 1.48. The van der Waals surface area contributed by atoms with E-state index in [9.17, 15) is 0 Å². The molecule has 0 N–H and O–H groups in total. The Hall–Kier alpha value is -5.76. The molecule has 0 fully saturated rings. The number of fused-ring (bicyclic) bond motifs is 7. The normalized spacial score (nSPS) is 12.5. The van der Waals surface area contributed by atoms with Crippen LogP contribution in [0.25, 0.3) is 32.7 Å². The van der Waals surface area contributed by atoms with Crippen LogP contribution < -0.4 is 18.9 Å². The van der Waals surface area contributed by atoms with Crippen molar-refractivity contribution in [1.82, 2.24) is 0 Å². The van der Waals surface area contributed by atoms with Gasteiger partial charge in [-0.2, -0.15) is 10.2 Å². The van der Waals surface area contributed by atoms with E-state index in [0.717, 1.165) is 44.0 Å². The summed E-state index contributed by atoms with van der Waals surface area (Å²) in [5, 5.41) is 21.8. The summed E-state index contributed by atoms with van der Waals surface area (Å²) in [6.07, 6.45) is 0. The molecule has 8 heteroatoms. The first-order valence-electron chi connectivity index (χ1n) is 13.7. The lowest BCUT2D eigenvalue weighted by Gasteiger charge is -2.16. The van der Waals surface area contributed by atoms with E-state index in [-0.39, 0.29) is 6.79 Å². The third-order valence-corrected chi connectivity index (χ3v) is 7.36. The summed E-state index contributed by atoms with van der Waals surface area (Å²) in [6.45, 7) is 0.0739. The second-order valence-electron chi connectivity index (χ2n) is 9.78. The molecule has 0 aliphatic carbocycles. The largest absolute Gasteiger partial charge is 0.494 e. The van der Waals surface area contributed by atoms with Crippen LogP contribution in [-0.4, -0.2) is 21.0 Å². The molecule has 1 aliphatic rings. The maximum atomic E-state index is 6.12. The van der Waals surface area contributed by atoms with E-state index in [1.807, 2.05) is 109 Å². The maximum absolute atomic E-state index is 6.12. The van der Waals surface area contributed by atoms with Gasteiger partial charge in [-0.3, -0.25) is 0 Å². The SMILES string of the molecule is COc1ccc2c3c(ccc2c1N=Nc1ccccc1)OCOc1ccc2c(N=Nc4ccccc4)c(OC)ccc2c1-3. The summed E-state index contributed by atoms with van der Waals surface area (Å²) in [5.74, 6) is 2.62. The van der Waals surface area contributed by atoms with Crippen molar-refractivity contribution in [3.63, 3.8) is 0 Å². The van der Waals surface area contributed by atoms with E-state index >= 15 is 0 Å². The number of benzene rings is 6. The number of azo groups is 2. The Morgan fingerprint density at radius 2 is 0.884 bits per heavy atom. The number of methoxy groups -OCH3 is 2. The van der Waals surface area contributed by atoms with Gasteiger partial charge >= 0.3 is 0 Å². The molecule has 7 rings (SSSR count). The third-order valence-electron chi connectivity index (χ3n) is 7.36. The van der Waals surface area contributed by atoms with Crippen LogP contribution >= 0.6 is 0 Å². The Kier molecular flexibility index (Phi) is 6.85. The third kappa shape index (κ3) is 4.78. The first kappa shape index (κ1) is 26.2. The Morgan fingerprint density at radius 3 is 1.30 bits per heavy atom. The highest BCUT2D eigenvalue weighted by Gasteiger charge is 2.25.